The number of aryl methyl sites for hydroxylation is 1. The number of aromatic nitrogens is 2. The predicted molar refractivity (Wildman–Crippen MR) is 117 cm³/mol. The molecule has 0 unspecified atom stereocenters. The minimum atomic E-state index is -0.00940. The van der Waals surface area contributed by atoms with Crippen LogP contribution in [0.5, 0.6) is 0 Å². The lowest BCUT2D eigenvalue weighted by Crippen LogP contribution is -2.37. The molecule has 6 nitrogen and oxygen atoms in total. The summed E-state index contributed by atoms with van der Waals surface area (Å²) in [4.78, 5) is 19.5. The molecule has 156 valence electrons. The standard InChI is InChI=1S/C23H25ClN4O2/c1-15-6-3-4-7-18(15)22-26-21(30-27-22)14-28-12-10-17(11-13-28)23(29)25-20-9-5-8-19(24)16(20)2/h3-9,17H,10-14H2,1-2H3,(H,25,29). The Labute approximate surface area is 181 Å². The number of carbonyl (C=O) groups is 1. The van der Waals surface area contributed by atoms with Crippen LogP contribution in [0.3, 0.4) is 0 Å². The number of carbonyl (C=O) groups excluding carboxylic acids is 1. The first-order chi connectivity index (χ1) is 14.5. The zero-order chi connectivity index (χ0) is 21.1. The van der Waals surface area contributed by atoms with Gasteiger partial charge in [-0.05, 0) is 63.0 Å². The molecule has 1 amide bonds. The molecule has 0 atom stereocenters. The molecule has 1 saturated heterocycles. The summed E-state index contributed by atoms with van der Waals surface area (Å²) in [6.45, 7) is 6.17. The summed E-state index contributed by atoms with van der Waals surface area (Å²) < 4.78 is 5.46. The summed E-state index contributed by atoms with van der Waals surface area (Å²) in [5.74, 6) is 1.27. The largest absolute Gasteiger partial charge is 0.338 e. The highest BCUT2D eigenvalue weighted by atomic mass is 35.5. The lowest BCUT2D eigenvalue weighted by Gasteiger charge is -2.30. The van der Waals surface area contributed by atoms with Crippen molar-refractivity contribution >= 4 is 23.2 Å². The van der Waals surface area contributed by atoms with Crippen LogP contribution in [0.1, 0.15) is 29.9 Å². The summed E-state index contributed by atoms with van der Waals surface area (Å²) in [6, 6.07) is 13.6. The van der Waals surface area contributed by atoms with E-state index in [0.717, 1.165) is 48.3 Å². The third kappa shape index (κ3) is 4.55. The maximum atomic E-state index is 12.7. The molecule has 0 aliphatic carbocycles. The van der Waals surface area contributed by atoms with Crippen molar-refractivity contribution in [3.63, 3.8) is 0 Å². The Morgan fingerprint density at radius 3 is 2.70 bits per heavy atom. The minimum absolute atomic E-state index is 0.00940. The first kappa shape index (κ1) is 20.6. The minimum Gasteiger partial charge on any atom is -0.338 e. The van der Waals surface area contributed by atoms with E-state index in [-0.39, 0.29) is 11.8 Å². The molecule has 30 heavy (non-hydrogen) atoms. The van der Waals surface area contributed by atoms with Gasteiger partial charge in [-0.1, -0.05) is 47.1 Å². The van der Waals surface area contributed by atoms with Crippen molar-refractivity contribution in [3.8, 4) is 11.4 Å². The molecule has 7 heteroatoms. The Morgan fingerprint density at radius 2 is 1.93 bits per heavy atom. The molecule has 0 spiro atoms. The molecule has 2 aromatic carbocycles. The second kappa shape index (κ2) is 8.98. The van der Waals surface area contributed by atoms with Crippen LogP contribution in [0, 0.1) is 19.8 Å². The summed E-state index contributed by atoms with van der Waals surface area (Å²) in [5.41, 5.74) is 3.78. The van der Waals surface area contributed by atoms with Crippen molar-refractivity contribution in [1.82, 2.24) is 15.0 Å². The number of hydrogen-bond acceptors (Lipinski definition) is 5. The fourth-order valence-corrected chi connectivity index (χ4v) is 3.95. The Balaban J connectivity index is 1.31. The van der Waals surface area contributed by atoms with E-state index in [0.29, 0.717) is 23.3 Å². The number of piperidine rings is 1. The average Bonchev–Trinajstić information content (AvgIpc) is 3.20. The first-order valence-electron chi connectivity index (χ1n) is 10.2. The molecular weight excluding hydrogens is 400 g/mol. The maximum Gasteiger partial charge on any atom is 0.241 e. The van der Waals surface area contributed by atoms with Crippen molar-refractivity contribution in [2.24, 2.45) is 5.92 Å². The fraction of sp³-hybridized carbons (Fsp3) is 0.348. The van der Waals surface area contributed by atoms with Crippen LogP contribution in [-0.4, -0.2) is 34.0 Å². The molecule has 1 aliphatic rings. The number of likely N-dealkylation sites (tertiary alicyclic amines) is 1. The molecule has 2 heterocycles. The molecule has 0 radical (unpaired) electrons. The monoisotopic (exact) mass is 424 g/mol. The summed E-state index contributed by atoms with van der Waals surface area (Å²) in [6.07, 6.45) is 1.59. The Morgan fingerprint density at radius 1 is 1.17 bits per heavy atom. The number of rotatable bonds is 5. The second-order valence-corrected chi connectivity index (χ2v) is 8.19. The Hall–Kier alpha value is -2.70. The van der Waals surface area contributed by atoms with Gasteiger partial charge in [-0.15, -0.1) is 0 Å². The molecule has 3 aromatic rings. The van der Waals surface area contributed by atoms with E-state index in [1.165, 1.54) is 0 Å². The zero-order valence-electron chi connectivity index (χ0n) is 17.2. The van der Waals surface area contributed by atoms with Gasteiger partial charge in [0.1, 0.15) is 0 Å². The highest BCUT2D eigenvalue weighted by Gasteiger charge is 2.26. The molecule has 1 aliphatic heterocycles. The number of nitrogens with zero attached hydrogens (tertiary/aromatic N) is 3. The van der Waals surface area contributed by atoms with Gasteiger partial charge in [-0.25, -0.2) is 0 Å². The normalized spacial score (nSPS) is 15.3. The molecular formula is C23H25ClN4O2. The van der Waals surface area contributed by atoms with E-state index in [1.807, 2.05) is 56.3 Å². The van der Waals surface area contributed by atoms with Crippen LogP contribution in [-0.2, 0) is 11.3 Å². The van der Waals surface area contributed by atoms with Crippen molar-refractivity contribution in [2.75, 3.05) is 18.4 Å². The van der Waals surface area contributed by atoms with Crippen molar-refractivity contribution < 1.29 is 9.32 Å². The zero-order valence-corrected chi connectivity index (χ0v) is 17.9. The number of amides is 1. The Bertz CT molecular complexity index is 1040. The molecule has 1 N–H and O–H groups in total. The van der Waals surface area contributed by atoms with Gasteiger partial charge in [0.2, 0.25) is 17.6 Å². The van der Waals surface area contributed by atoms with Gasteiger partial charge in [0.05, 0.1) is 6.54 Å². The van der Waals surface area contributed by atoms with Gasteiger partial charge >= 0.3 is 0 Å². The number of anilines is 1. The van der Waals surface area contributed by atoms with Gasteiger partial charge in [-0.3, -0.25) is 9.69 Å². The lowest BCUT2D eigenvalue weighted by molar-refractivity contribution is -0.121. The van der Waals surface area contributed by atoms with Crippen molar-refractivity contribution in [1.29, 1.82) is 0 Å². The van der Waals surface area contributed by atoms with Gasteiger partial charge in [0, 0.05) is 22.2 Å². The smallest absolute Gasteiger partial charge is 0.241 e. The fourth-order valence-electron chi connectivity index (χ4n) is 3.77. The summed E-state index contributed by atoms with van der Waals surface area (Å²) >= 11 is 6.15. The quantitative estimate of drug-likeness (QED) is 0.633. The highest BCUT2D eigenvalue weighted by molar-refractivity contribution is 6.31. The molecule has 0 bridgehead atoms. The Kier molecular flexibility index (Phi) is 6.16. The third-order valence-corrected chi connectivity index (χ3v) is 6.11. The highest BCUT2D eigenvalue weighted by Crippen LogP contribution is 2.26. The number of nitrogens with one attached hydrogen (secondary N) is 1. The topological polar surface area (TPSA) is 71.3 Å². The van der Waals surface area contributed by atoms with Crippen molar-refractivity contribution in [3.05, 3.63) is 64.5 Å². The van der Waals surface area contributed by atoms with Crippen LogP contribution in [0.15, 0.2) is 47.0 Å². The number of hydrogen-bond donors (Lipinski definition) is 1. The first-order valence-corrected chi connectivity index (χ1v) is 10.6. The van der Waals surface area contributed by atoms with E-state index >= 15 is 0 Å². The van der Waals surface area contributed by atoms with Crippen LogP contribution >= 0.6 is 11.6 Å². The third-order valence-electron chi connectivity index (χ3n) is 5.70. The molecule has 1 aromatic heterocycles. The van der Waals surface area contributed by atoms with E-state index in [1.54, 1.807) is 0 Å². The average molecular weight is 425 g/mol. The SMILES string of the molecule is Cc1ccccc1-c1noc(CN2CCC(C(=O)Nc3cccc(Cl)c3C)CC2)n1. The van der Waals surface area contributed by atoms with Gasteiger partial charge in [-0.2, -0.15) is 4.98 Å². The number of halogens is 1. The van der Waals surface area contributed by atoms with Crippen LogP contribution in [0.25, 0.3) is 11.4 Å². The molecule has 4 rings (SSSR count). The van der Waals surface area contributed by atoms with Crippen molar-refractivity contribution in [2.45, 2.75) is 33.2 Å². The van der Waals surface area contributed by atoms with E-state index in [4.69, 9.17) is 16.1 Å². The van der Waals surface area contributed by atoms with E-state index in [9.17, 15) is 4.79 Å². The van der Waals surface area contributed by atoms with E-state index in [2.05, 4.69) is 20.4 Å². The van der Waals surface area contributed by atoms with Crippen LogP contribution in [0.4, 0.5) is 5.69 Å². The predicted octanol–water partition coefficient (Wildman–Crippen LogP) is 4.86. The van der Waals surface area contributed by atoms with Crippen LogP contribution in [0.2, 0.25) is 5.02 Å². The van der Waals surface area contributed by atoms with Gasteiger partial charge in [0.25, 0.3) is 0 Å². The maximum absolute atomic E-state index is 12.7. The van der Waals surface area contributed by atoms with Crippen LogP contribution < -0.4 is 5.32 Å². The summed E-state index contributed by atoms with van der Waals surface area (Å²) in [7, 11) is 0. The second-order valence-electron chi connectivity index (χ2n) is 7.78. The molecule has 0 saturated carbocycles. The summed E-state index contributed by atoms with van der Waals surface area (Å²) in [5, 5.41) is 7.82. The van der Waals surface area contributed by atoms with Gasteiger partial charge < -0.3 is 9.84 Å². The van der Waals surface area contributed by atoms with E-state index < -0.39 is 0 Å². The molecule has 1 fully saturated rings. The van der Waals surface area contributed by atoms with Gasteiger partial charge in [0.15, 0.2) is 0 Å². The lowest BCUT2D eigenvalue weighted by atomic mass is 9.95. The number of benzene rings is 2.